The van der Waals surface area contributed by atoms with E-state index in [4.69, 9.17) is 0 Å². The van der Waals surface area contributed by atoms with E-state index in [9.17, 15) is 18.0 Å². The molecule has 0 aromatic rings. The first-order valence-corrected chi connectivity index (χ1v) is 3.70. The molecule has 1 saturated carbocycles. The van der Waals surface area contributed by atoms with Gasteiger partial charge in [-0.3, -0.25) is 4.79 Å². The van der Waals surface area contributed by atoms with Gasteiger partial charge in [0.05, 0.1) is 0 Å². The van der Waals surface area contributed by atoms with Crippen LogP contribution >= 0.6 is 0 Å². The number of rotatable bonds is 2. The second-order valence-corrected chi connectivity index (χ2v) is 2.98. The van der Waals surface area contributed by atoms with E-state index in [0.717, 1.165) is 6.92 Å². The van der Waals surface area contributed by atoms with Gasteiger partial charge in [0.2, 0.25) is 0 Å². The highest BCUT2D eigenvalue weighted by molar-refractivity contribution is 5.88. The molecule has 1 nitrogen and oxygen atoms in total. The van der Waals surface area contributed by atoms with Crippen molar-refractivity contribution >= 4 is 5.78 Å². The summed E-state index contributed by atoms with van der Waals surface area (Å²) in [6, 6.07) is 0. The summed E-state index contributed by atoms with van der Waals surface area (Å²) in [5.41, 5.74) is -0.657. The fourth-order valence-corrected chi connectivity index (χ4v) is 1.04. The summed E-state index contributed by atoms with van der Waals surface area (Å²) >= 11 is 0. The maximum Gasteiger partial charge on any atom is 0.413 e. The smallest absolute Gasteiger partial charge is 0.295 e. The number of halogens is 3. The average Bonchev–Trinajstić information content (AvgIpc) is 2.60. The van der Waals surface area contributed by atoms with Crippen LogP contribution in [0.3, 0.4) is 0 Å². The zero-order chi connectivity index (χ0) is 9.35. The highest BCUT2D eigenvalue weighted by Gasteiger charge is 2.43. The Hall–Kier alpha value is -0.800. The minimum Gasteiger partial charge on any atom is -0.295 e. The van der Waals surface area contributed by atoms with Crippen molar-refractivity contribution in [1.82, 2.24) is 0 Å². The first kappa shape index (κ1) is 9.29. The Balaban J connectivity index is 2.81. The van der Waals surface area contributed by atoms with Crippen LogP contribution in [0.5, 0.6) is 0 Å². The number of alkyl halides is 3. The van der Waals surface area contributed by atoms with Gasteiger partial charge in [-0.2, -0.15) is 13.2 Å². The zero-order valence-electron chi connectivity index (χ0n) is 6.61. The average molecular weight is 178 g/mol. The van der Waals surface area contributed by atoms with Crippen molar-refractivity contribution in [2.45, 2.75) is 25.9 Å². The molecule has 0 unspecified atom stereocenters. The van der Waals surface area contributed by atoms with Gasteiger partial charge in [-0.15, -0.1) is 0 Å². The van der Waals surface area contributed by atoms with Gasteiger partial charge in [-0.25, -0.2) is 0 Å². The molecule has 0 aliphatic heterocycles. The van der Waals surface area contributed by atoms with Crippen LogP contribution < -0.4 is 0 Å². The predicted molar refractivity (Wildman–Crippen MR) is 37.5 cm³/mol. The quantitative estimate of drug-likeness (QED) is 0.593. The molecule has 0 N–H and O–H groups in total. The minimum atomic E-state index is -4.33. The van der Waals surface area contributed by atoms with E-state index in [2.05, 4.69) is 0 Å². The fraction of sp³-hybridized carbons (Fsp3) is 0.625. The molecule has 0 aromatic carbocycles. The van der Waals surface area contributed by atoms with E-state index in [1.807, 2.05) is 0 Å². The molecule has 1 aliphatic rings. The lowest BCUT2D eigenvalue weighted by Gasteiger charge is -2.09. The molecule has 12 heavy (non-hydrogen) atoms. The third-order valence-electron chi connectivity index (χ3n) is 1.70. The molecule has 0 bridgehead atoms. The van der Waals surface area contributed by atoms with Crippen molar-refractivity contribution in [2.75, 3.05) is 0 Å². The molecule has 1 aliphatic carbocycles. The predicted octanol–water partition coefficient (Wildman–Crippen LogP) is 2.47. The Morgan fingerprint density at radius 2 is 1.92 bits per heavy atom. The Morgan fingerprint density at radius 3 is 2.17 bits per heavy atom. The highest BCUT2D eigenvalue weighted by atomic mass is 19.4. The summed E-state index contributed by atoms with van der Waals surface area (Å²) in [5.74, 6) is -0.955. The van der Waals surface area contributed by atoms with Crippen molar-refractivity contribution < 1.29 is 18.0 Å². The van der Waals surface area contributed by atoms with Crippen molar-refractivity contribution in [1.29, 1.82) is 0 Å². The van der Waals surface area contributed by atoms with Crippen LogP contribution in [-0.4, -0.2) is 12.0 Å². The first-order valence-electron chi connectivity index (χ1n) is 3.70. The summed E-state index contributed by atoms with van der Waals surface area (Å²) in [6.45, 7) is 1.13. The van der Waals surface area contributed by atoms with Crippen LogP contribution in [0.1, 0.15) is 19.8 Å². The van der Waals surface area contributed by atoms with Gasteiger partial charge in [-0.1, -0.05) is 0 Å². The number of hydrogen-bond acceptors (Lipinski definition) is 1. The number of carbonyl (C=O) groups is 1. The van der Waals surface area contributed by atoms with Crippen LogP contribution in [0.2, 0.25) is 0 Å². The Kier molecular flexibility index (Phi) is 2.26. The summed E-state index contributed by atoms with van der Waals surface area (Å²) in [6.07, 6.45) is -2.51. The third kappa shape index (κ3) is 2.36. The molecule has 0 amide bonds. The van der Waals surface area contributed by atoms with Crippen LogP contribution in [0, 0.1) is 5.92 Å². The Morgan fingerprint density at radius 1 is 1.42 bits per heavy atom. The second-order valence-electron chi connectivity index (χ2n) is 2.98. The van der Waals surface area contributed by atoms with E-state index in [1.165, 1.54) is 0 Å². The van der Waals surface area contributed by atoms with Crippen LogP contribution in [-0.2, 0) is 4.79 Å². The molecule has 68 valence electrons. The van der Waals surface area contributed by atoms with E-state index in [1.54, 1.807) is 0 Å². The van der Waals surface area contributed by atoms with Crippen LogP contribution in [0.15, 0.2) is 11.6 Å². The van der Waals surface area contributed by atoms with Gasteiger partial charge in [-0.05, 0) is 31.8 Å². The topological polar surface area (TPSA) is 17.1 Å². The molecule has 0 atom stereocenters. The number of allylic oxidation sites excluding steroid dienone is 2. The Bertz CT molecular complexity index is 223. The molecule has 0 heterocycles. The monoisotopic (exact) mass is 178 g/mol. The third-order valence-corrected chi connectivity index (χ3v) is 1.70. The molecule has 0 radical (unpaired) electrons. The molecule has 1 fully saturated rings. The van der Waals surface area contributed by atoms with E-state index >= 15 is 0 Å². The lowest BCUT2D eigenvalue weighted by molar-refractivity contribution is -0.114. The maximum absolute atomic E-state index is 12.2. The lowest BCUT2D eigenvalue weighted by Crippen LogP contribution is -2.14. The normalized spacial score (nSPS) is 19.5. The largest absolute Gasteiger partial charge is 0.413 e. The van der Waals surface area contributed by atoms with Crippen molar-refractivity contribution in [3.8, 4) is 0 Å². The molecule has 1 rings (SSSR count). The SMILES string of the molecule is CC(=O)/C=C(\C1CC1)C(F)(F)F. The highest BCUT2D eigenvalue weighted by Crippen LogP contribution is 2.44. The van der Waals surface area contributed by atoms with Gasteiger partial charge in [0, 0.05) is 5.57 Å². The minimum absolute atomic E-state index is 0.422. The first-order chi connectivity index (χ1) is 5.41. The number of carbonyl (C=O) groups excluding carboxylic acids is 1. The lowest BCUT2D eigenvalue weighted by atomic mass is 10.1. The number of ketones is 1. The van der Waals surface area contributed by atoms with Gasteiger partial charge >= 0.3 is 6.18 Å². The van der Waals surface area contributed by atoms with Gasteiger partial charge in [0.25, 0.3) is 0 Å². The zero-order valence-corrected chi connectivity index (χ0v) is 6.61. The van der Waals surface area contributed by atoms with Crippen molar-refractivity contribution in [3.05, 3.63) is 11.6 Å². The molecule has 0 saturated heterocycles. The maximum atomic E-state index is 12.2. The summed E-state index contributed by atoms with van der Waals surface area (Å²) in [7, 11) is 0. The standard InChI is InChI=1S/C8H9F3O/c1-5(12)4-7(6-2-3-6)8(9,10)11/h4,6H,2-3H2,1H3/b7-4+. The van der Waals surface area contributed by atoms with Crippen LogP contribution in [0.4, 0.5) is 13.2 Å². The van der Waals surface area contributed by atoms with Gasteiger partial charge < -0.3 is 0 Å². The molecular formula is C8H9F3O. The fourth-order valence-electron chi connectivity index (χ4n) is 1.04. The van der Waals surface area contributed by atoms with Gasteiger partial charge in [0.15, 0.2) is 5.78 Å². The van der Waals surface area contributed by atoms with Gasteiger partial charge in [0.1, 0.15) is 0 Å². The number of hydrogen-bond donors (Lipinski definition) is 0. The summed E-state index contributed by atoms with van der Waals surface area (Å²) < 4.78 is 36.5. The summed E-state index contributed by atoms with van der Waals surface area (Å²) in [5, 5.41) is 0. The van der Waals surface area contributed by atoms with E-state index in [0.29, 0.717) is 18.9 Å². The molecular weight excluding hydrogens is 169 g/mol. The van der Waals surface area contributed by atoms with E-state index in [-0.39, 0.29) is 0 Å². The molecule has 0 aromatic heterocycles. The van der Waals surface area contributed by atoms with Crippen molar-refractivity contribution in [3.63, 3.8) is 0 Å². The molecule has 4 heteroatoms. The second kappa shape index (κ2) is 2.92. The van der Waals surface area contributed by atoms with E-state index < -0.39 is 23.5 Å². The van der Waals surface area contributed by atoms with Crippen molar-refractivity contribution in [2.24, 2.45) is 5.92 Å². The van der Waals surface area contributed by atoms with Crippen LogP contribution in [0.25, 0.3) is 0 Å². The summed E-state index contributed by atoms with van der Waals surface area (Å²) in [4.78, 5) is 10.5. The molecule has 0 spiro atoms. The Labute approximate surface area is 68.3 Å².